The van der Waals surface area contributed by atoms with Gasteiger partial charge in [0.25, 0.3) is 0 Å². The summed E-state index contributed by atoms with van der Waals surface area (Å²) >= 11 is 0. The SMILES string of the molecule is COc1ccc(N(CCCN)C(=O)CC(C)(C)OC)cc1. The van der Waals surface area contributed by atoms with Crippen LogP contribution >= 0.6 is 0 Å². The van der Waals surface area contributed by atoms with Crippen LogP contribution in [0, 0.1) is 0 Å². The molecule has 0 saturated carbocycles. The van der Waals surface area contributed by atoms with E-state index in [-0.39, 0.29) is 5.91 Å². The molecule has 1 amide bonds. The molecule has 1 aromatic rings. The van der Waals surface area contributed by atoms with Gasteiger partial charge in [0.1, 0.15) is 5.75 Å². The smallest absolute Gasteiger partial charge is 0.229 e. The Bertz CT molecular complexity index is 443. The zero-order valence-corrected chi connectivity index (χ0v) is 13.4. The summed E-state index contributed by atoms with van der Waals surface area (Å²) in [6.07, 6.45) is 1.07. The van der Waals surface area contributed by atoms with Gasteiger partial charge in [-0.3, -0.25) is 4.79 Å². The maximum Gasteiger partial charge on any atom is 0.229 e. The summed E-state index contributed by atoms with van der Waals surface area (Å²) in [6.45, 7) is 4.95. The van der Waals surface area contributed by atoms with Crippen molar-refractivity contribution < 1.29 is 14.3 Å². The van der Waals surface area contributed by atoms with Crippen LogP contribution in [-0.4, -0.2) is 38.8 Å². The Morgan fingerprint density at radius 3 is 2.33 bits per heavy atom. The fourth-order valence-corrected chi connectivity index (χ4v) is 1.94. The first-order valence-electron chi connectivity index (χ1n) is 7.13. The lowest BCUT2D eigenvalue weighted by molar-refractivity contribution is -0.123. The molecule has 0 radical (unpaired) electrons. The van der Waals surface area contributed by atoms with Gasteiger partial charge in [0.2, 0.25) is 5.91 Å². The first-order valence-corrected chi connectivity index (χ1v) is 7.13. The fourth-order valence-electron chi connectivity index (χ4n) is 1.94. The highest BCUT2D eigenvalue weighted by Gasteiger charge is 2.25. The maximum absolute atomic E-state index is 12.6. The van der Waals surface area contributed by atoms with Crippen LogP contribution < -0.4 is 15.4 Å². The Hall–Kier alpha value is -1.59. The minimum atomic E-state index is -0.482. The van der Waals surface area contributed by atoms with Crippen molar-refractivity contribution in [2.24, 2.45) is 5.73 Å². The van der Waals surface area contributed by atoms with E-state index in [1.54, 1.807) is 19.1 Å². The molecule has 0 spiro atoms. The minimum Gasteiger partial charge on any atom is -0.497 e. The average Bonchev–Trinajstić information content (AvgIpc) is 2.48. The minimum absolute atomic E-state index is 0.0282. The van der Waals surface area contributed by atoms with Gasteiger partial charge in [0.15, 0.2) is 0 Å². The number of hydrogen-bond acceptors (Lipinski definition) is 4. The van der Waals surface area contributed by atoms with E-state index in [4.69, 9.17) is 15.2 Å². The van der Waals surface area contributed by atoms with Gasteiger partial charge >= 0.3 is 0 Å². The molecule has 1 aromatic carbocycles. The van der Waals surface area contributed by atoms with Crippen LogP contribution in [0.15, 0.2) is 24.3 Å². The zero-order chi connectivity index (χ0) is 15.9. The second-order valence-corrected chi connectivity index (χ2v) is 5.53. The Balaban J connectivity index is 2.90. The third-order valence-corrected chi connectivity index (χ3v) is 3.40. The first kappa shape index (κ1) is 17.5. The third kappa shape index (κ3) is 5.36. The third-order valence-electron chi connectivity index (χ3n) is 3.40. The van der Waals surface area contributed by atoms with Gasteiger partial charge in [-0.15, -0.1) is 0 Å². The van der Waals surface area contributed by atoms with E-state index in [1.165, 1.54) is 0 Å². The van der Waals surface area contributed by atoms with Gasteiger partial charge in [-0.25, -0.2) is 0 Å². The van der Waals surface area contributed by atoms with Crippen molar-refractivity contribution in [2.75, 3.05) is 32.2 Å². The molecule has 0 fully saturated rings. The summed E-state index contributed by atoms with van der Waals surface area (Å²) in [5.74, 6) is 0.794. The number of nitrogens with two attached hydrogens (primary N) is 1. The van der Waals surface area contributed by atoms with Crippen molar-refractivity contribution in [3.63, 3.8) is 0 Å². The fraction of sp³-hybridized carbons (Fsp3) is 0.562. The molecule has 1 rings (SSSR count). The molecule has 0 atom stereocenters. The molecule has 0 bridgehead atoms. The van der Waals surface area contributed by atoms with Gasteiger partial charge in [-0.05, 0) is 51.1 Å². The first-order chi connectivity index (χ1) is 9.93. The van der Waals surface area contributed by atoms with E-state index >= 15 is 0 Å². The quantitative estimate of drug-likeness (QED) is 0.798. The molecule has 0 aromatic heterocycles. The zero-order valence-electron chi connectivity index (χ0n) is 13.4. The number of carbonyl (C=O) groups is 1. The average molecular weight is 294 g/mol. The van der Waals surface area contributed by atoms with Crippen LogP contribution in [0.1, 0.15) is 26.7 Å². The van der Waals surface area contributed by atoms with Crippen molar-refractivity contribution in [3.05, 3.63) is 24.3 Å². The van der Waals surface area contributed by atoms with Crippen molar-refractivity contribution in [2.45, 2.75) is 32.3 Å². The summed E-state index contributed by atoms with van der Waals surface area (Å²) in [5, 5.41) is 0. The number of anilines is 1. The van der Waals surface area contributed by atoms with Crippen molar-refractivity contribution in [1.82, 2.24) is 0 Å². The van der Waals surface area contributed by atoms with Crippen LogP contribution in [0.5, 0.6) is 5.75 Å². The van der Waals surface area contributed by atoms with Gasteiger partial charge in [0, 0.05) is 19.3 Å². The van der Waals surface area contributed by atoms with E-state index in [0.29, 0.717) is 19.5 Å². The van der Waals surface area contributed by atoms with Crippen LogP contribution in [0.3, 0.4) is 0 Å². The molecule has 0 heterocycles. The summed E-state index contributed by atoms with van der Waals surface area (Å²) in [4.78, 5) is 14.3. The summed E-state index contributed by atoms with van der Waals surface area (Å²) in [5.41, 5.74) is 5.94. The highest BCUT2D eigenvalue weighted by atomic mass is 16.5. The summed E-state index contributed by atoms with van der Waals surface area (Å²) in [6, 6.07) is 7.46. The summed E-state index contributed by atoms with van der Waals surface area (Å²) < 4.78 is 10.5. The van der Waals surface area contributed by atoms with E-state index < -0.39 is 5.60 Å². The normalized spacial score (nSPS) is 11.3. The van der Waals surface area contributed by atoms with Crippen LogP contribution in [0.4, 0.5) is 5.69 Å². The van der Waals surface area contributed by atoms with Gasteiger partial charge in [0.05, 0.1) is 19.1 Å². The number of hydrogen-bond donors (Lipinski definition) is 1. The Kier molecular flexibility index (Phi) is 6.65. The second-order valence-electron chi connectivity index (χ2n) is 5.53. The van der Waals surface area contributed by atoms with E-state index in [2.05, 4.69) is 0 Å². The van der Waals surface area contributed by atoms with Gasteiger partial charge in [-0.1, -0.05) is 0 Å². The monoisotopic (exact) mass is 294 g/mol. The number of ether oxygens (including phenoxy) is 2. The van der Waals surface area contributed by atoms with E-state index in [1.807, 2.05) is 38.1 Å². The molecule has 0 unspecified atom stereocenters. The molecule has 21 heavy (non-hydrogen) atoms. The van der Waals surface area contributed by atoms with Crippen LogP contribution in [0.25, 0.3) is 0 Å². The Morgan fingerprint density at radius 1 is 1.24 bits per heavy atom. The summed E-state index contributed by atoms with van der Waals surface area (Å²) in [7, 11) is 3.23. The topological polar surface area (TPSA) is 64.8 Å². The molecule has 0 aliphatic rings. The molecule has 118 valence electrons. The molecule has 5 nitrogen and oxygen atoms in total. The molecule has 0 aliphatic heterocycles. The van der Waals surface area contributed by atoms with E-state index in [0.717, 1.165) is 17.9 Å². The number of nitrogens with zero attached hydrogens (tertiary/aromatic N) is 1. The highest BCUT2D eigenvalue weighted by Crippen LogP contribution is 2.23. The van der Waals surface area contributed by atoms with Crippen molar-refractivity contribution in [1.29, 1.82) is 0 Å². The molecular formula is C16H26N2O3. The Labute approximate surface area is 127 Å². The van der Waals surface area contributed by atoms with E-state index in [9.17, 15) is 4.79 Å². The van der Waals surface area contributed by atoms with Crippen molar-refractivity contribution >= 4 is 11.6 Å². The molecule has 5 heteroatoms. The van der Waals surface area contributed by atoms with Crippen molar-refractivity contribution in [3.8, 4) is 5.75 Å². The number of methoxy groups -OCH3 is 2. The highest BCUT2D eigenvalue weighted by molar-refractivity contribution is 5.94. The molecular weight excluding hydrogens is 268 g/mol. The predicted octanol–water partition coefficient (Wildman–Crippen LogP) is 2.19. The second kappa shape index (κ2) is 8.00. The molecule has 2 N–H and O–H groups in total. The van der Waals surface area contributed by atoms with Crippen LogP contribution in [0.2, 0.25) is 0 Å². The maximum atomic E-state index is 12.6. The number of benzene rings is 1. The predicted molar refractivity (Wildman–Crippen MR) is 84.7 cm³/mol. The van der Waals surface area contributed by atoms with Gasteiger partial charge < -0.3 is 20.1 Å². The number of carbonyl (C=O) groups excluding carboxylic acids is 1. The molecule has 0 saturated heterocycles. The standard InChI is InChI=1S/C16H26N2O3/c1-16(2,21-4)12-15(19)18(11-5-10-17)13-6-8-14(20-3)9-7-13/h6-9H,5,10-12,17H2,1-4H3. The number of amides is 1. The van der Waals surface area contributed by atoms with Gasteiger partial charge in [-0.2, -0.15) is 0 Å². The van der Waals surface area contributed by atoms with Crippen LogP contribution in [-0.2, 0) is 9.53 Å². The lowest BCUT2D eigenvalue weighted by Gasteiger charge is -2.28. The largest absolute Gasteiger partial charge is 0.497 e. The lowest BCUT2D eigenvalue weighted by atomic mass is 10.0. The lowest BCUT2D eigenvalue weighted by Crippen LogP contribution is -2.38. The Morgan fingerprint density at radius 2 is 1.86 bits per heavy atom. The molecule has 0 aliphatic carbocycles. The number of rotatable bonds is 8.